The number of hydrogen-bond acceptors (Lipinski definition) is 2. The maximum atomic E-state index is 10.7. The largest absolute Gasteiger partial charge is 0.390 e. The second-order valence-corrected chi connectivity index (χ2v) is 13.8. The zero-order valence-electron chi connectivity index (χ0n) is 21.5. The first kappa shape index (κ1) is 23.8. The molecule has 31 heavy (non-hydrogen) atoms. The summed E-state index contributed by atoms with van der Waals surface area (Å²) in [5.41, 5.74) is 1.36. The highest BCUT2D eigenvalue weighted by atomic mass is 16.3. The highest BCUT2D eigenvalue weighted by molar-refractivity contribution is 5.26. The number of allylic oxidation sites excluding steroid dienone is 1. The molecule has 178 valence electrons. The molecule has 2 nitrogen and oxygen atoms in total. The van der Waals surface area contributed by atoms with Gasteiger partial charge in [0.1, 0.15) is 0 Å². The summed E-state index contributed by atoms with van der Waals surface area (Å²) < 4.78 is 0. The van der Waals surface area contributed by atoms with Gasteiger partial charge in [-0.25, -0.2) is 0 Å². The predicted molar refractivity (Wildman–Crippen MR) is 130 cm³/mol. The quantitative estimate of drug-likeness (QED) is 0.455. The summed E-state index contributed by atoms with van der Waals surface area (Å²) in [5, 5.41) is 21.1. The third-order valence-electron chi connectivity index (χ3n) is 11.4. The lowest BCUT2D eigenvalue weighted by Gasteiger charge is -2.59. The number of hydrogen-bond donors (Lipinski definition) is 2. The van der Waals surface area contributed by atoms with Crippen molar-refractivity contribution in [3.8, 4) is 0 Å². The van der Waals surface area contributed by atoms with Crippen molar-refractivity contribution in [1.29, 1.82) is 0 Å². The van der Waals surface area contributed by atoms with Crippen molar-refractivity contribution >= 4 is 0 Å². The average molecular weight is 431 g/mol. The van der Waals surface area contributed by atoms with E-state index in [1.807, 2.05) is 20.8 Å². The molecule has 0 saturated heterocycles. The van der Waals surface area contributed by atoms with E-state index in [4.69, 9.17) is 0 Å². The lowest BCUT2D eigenvalue weighted by molar-refractivity contribution is -0.0711. The summed E-state index contributed by atoms with van der Waals surface area (Å²) in [5.74, 6) is 4.52. The standard InChI is InChI=1S/C29H50O2/c1-19(8-9-20(2)26(3,4)30)23-12-13-24-22-11-10-21-18-27(5,31)16-17-28(21,6)25(22)14-15-29(23,24)7/h10,19-20,22-25,30-31H,8-9,11-18H2,1-7H3. The normalized spacial score (nSPS) is 47.1. The zero-order valence-corrected chi connectivity index (χ0v) is 21.5. The molecule has 0 amide bonds. The third-order valence-corrected chi connectivity index (χ3v) is 11.4. The van der Waals surface area contributed by atoms with Crippen LogP contribution in [0.1, 0.15) is 113 Å². The van der Waals surface area contributed by atoms with Crippen LogP contribution >= 0.6 is 0 Å². The molecule has 2 N–H and O–H groups in total. The Labute approximate surface area is 192 Å². The minimum absolute atomic E-state index is 0.332. The Balaban J connectivity index is 1.48. The summed E-state index contributed by atoms with van der Waals surface area (Å²) in [4.78, 5) is 0. The summed E-state index contributed by atoms with van der Waals surface area (Å²) >= 11 is 0. The van der Waals surface area contributed by atoms with E-state index in [1.165, 1.54) is 44.9 Å². The minimum atomic E-state index is -0.563. The van der Waals surface area contributed by atoms with Crippen molar-refractivity contribution in [2.75, 3.05) is 0 Å². The van der Waals surface area contributed by atoms with E-state index in [1.54, 1.807) is 5.57 Å². The summed E-state index contributed by atoms with van der Waals surface area (Å²) in [6.45, 7) is 15.9. The molecule has 0 heterocycles. The molecule has 0 aromatic heterocycles. The molecule has 2 heteroatoms. The molecule has 3 fully saturated rings. The first-order valence-electron chi connectivity index (χ1n) is 13.4. The lowest BCUT2D eigenvalue weighted by atomic mass is 9.46. The van der Waals surface area contributed by atoms with E-state index in [0.717, 1.165) is 48.9 Å². The van der Waals surface area contributed by atoms with Crippen molar-refractivity contribution in [1.82, 2.24) is 0 Å². The van der Waals surface area contributed by atoms with Crippen LogP contribution in [0.15, 0.2) is 11.6 Å². The Morgan fingerprint density at radius 2 is 1.71 bits per heavy atom. The molecule has 0 aliphatic heterocycles. The SMILES string of the molecule is CC(CCC(C)C(C)(C)O)C1CCC2C3CC=C4CC(C)(O)CCC4(C)C3CCC12C. The van der Waals surface area contributed by atoms with Gasteiger partial charge in [-0.05, 0) is 125 Å². The van der Waals surface area contributed by atoms with E-state index in [-0.39, 0.29) is 0 Å². The molecule has 0 aromatic rings. The fourth-order valence-corrected chi connectivity index (χ4v) is 8.85. The molecular weight excluding hydrogens is 380 g/mol. The molecule has 4 aliphatic rings. The molecule has 4 aliphatic carbocycles. The first-order chi connectivity index (χ1) is 14.3. The fourth-order valence-electron chi connectivity index (χ4n) is 8.85. The Kier molecular flexibility index (Phi) is 6.04. The van der Waals surface area contributed by atoms with Gasteiger partial charge in [-0.2, -0.15) is 0 Å². The van der Waals surface area contributed by atoms with E-state index < -0.39 is 11.2 Å². The zero-order chi connectivity index (χ0) is 22.8. The molecule has 0 radical (unpaired) electrons. The van der Waals surface area contributed by atoms with Crippen LogP contribution < -0.4 is 0 Å². The van der Waals surface area contributed by atoms with Crippen LogP contribution in [-0.4, -0.2) is 21.4 Å². The molecular formula is C29H50O2. The van der Waals surface area contributed by atoms with Gasteiger partial charge in [0.15, 0.2) is 0 Å². The van der Waals surface area contributed by atoms with Crippen LogP contribution in [0.3, 0.4) is 0 Å². The van der Waals surface area contributed by atoms with Gasteiger partial charge in [0.2, 0.25) is 0 Å². The number of rotatable bonds is 5. The lowest BCUT2D eigenvalue weighted by Crippen LogP contribution is -2.52. The van der Waals surface area contributed by atoms with Crippen molar-refractivity contribution in [2.45, 2.75) is 124 Å². The van der Waals surface area contributed by atoms with Gasteiger partial charge in [-0.3, -0.25) is 0 Å². The van der Waals surface area contributed by atoms with Crippen LogP contribution in [-0.2, 0) is 0 Å². The highest BCUT2D eigenvalue weighted by Gasteiger charge is 2.59. The molecule has 0 aromatic carbocycles. The van der Waals surface area contributed by atoms with E-state index >= 15 is 0 Å². The van der Waals surface area contributed by atoms with Gasteiger partial charge in [-0.15, -0.1) is 0 Å². The predicted octanol–water partition coefficient (Wildman–Crippen LogP) is 7.14. The summed E-state index contributed by atoms with van der Waals surface area (Å²) in [6, 6.07) is 0. The molecule has 0 spiro atoms. The summed E-state index contributed by atoms with van der Waals surface area (Å²) in [6.07, 6.45) is 14.9. The van der Waals surface area contributed by atoms with Gasteiger partial charge in [-0.1, -0.05) is 45.8 Å². The Hall–Kier alpha value is -0.340. The van der Waals surface area contributed by atoms with Crippen LogP contribution in [0.4, 0.5) is 0 Å². The Bertz CT molecular complexity index is 700. The van der Waals surface area contributed by atoms with Crippen molar-refractivity contribution in [2.24, 2.45) is 46.3 Å². The monoisotopic (exact) mass is 430 g/mol. The van der Waals surface area contributed by atoms with Gasteiger partial charge in [0.25, 0.3) is 0 Å². The number of aliphatic hydroxyl groups is 2. The molecule has 4 rings (SSSR count). The van der Waals surface area contributed by atoms with Crippen molar-refractivity contribution < 1.29 is 10.2 Å². The molecule has 3 saturated carbocycles. The second kappa shape index (κ2) is 7.86. The van der Waals surface area contributed by atoms with Gasteiger partial charge in [0, 0.05) is 0 Å². The van der Waals surface area contributed by atoms with Gasteiger partial charge >= 0.3 is 0 Å². The maximum Gasteiger partial charge on any atom is 0.0657 e. The third kappa shape index (κ3) is 4.07. The smallest absolute Gasteiger partial charge is 0.0657 e. The van der Waals surface area contributed by atoms with Gasteiger partial charge < -0.3 is 10.2 Å². The van der Waals surface area contributed by atoms with Crippen LogP contribution in [0.2, 0.25) is 0 Å². The molecule has 0 bridgehead atoms. The highest BCUT2D eigenvalue weighted by Crippen LogP contribution is 2.67. The van der Waals surface area contributed by atoms with Crippen LogP contribution in [0.5, 0.6) is 0 Å². The minimum Gasteiger partial charge on any atom is -0.390 e. The van der Waals surface area contributed by atoms with E-state index in [9.17, 15) is 10.2 Å². The second-order valence-electron chi connectivity index (χ2n) is 13.8. The Morgan fingerprint density at radius 3 is 2.39 bits per heavy atom. The van der Waals surface area contributed by atoms with Crippen molar-refractivity contribution in [3.05, 3.63) is 11.6 Å². The molecule has 9 unspecified atom stereocenters. The topological polar surface area (TPSA) is 40.5 Å². The fraction of sp³-hybridized carbons (Fsp3) is 0.931. The molecule has 9 atom stereocenters. The van der Waals surface area contributed by atoms with Crippen LogP contribution in [0.25, 0.3) is 0 Å². The number of fused-ring (bicyclic) bond motifs is 5. The maximum absolute atomic E-state index is 10.7. The van der Waals surface area contributed by atoms with Gasteiger partial charge in [0.05, 0.1) is 11.2 Å². The average Bonchev–Trinajstić information content (AvgIpc) is 3.02. The van der Waals surface area contributed by atoms with E-state index in [0.29, 0.717) is 16.7 Å². The summed E-state index contributed by atoms with van der Waals surface area (Å²) in [7, 11) is 0. The first-order valence-corrected chi connectivity index (χ1v) is 13.4. The van der Waals surface area contributed by atoms with E-state index in [2.05, 4.69) is 33.8 Å². The van der Waals surface area contributed by atoms with Crippen molar-refractivity contribution in [3.63, 3.8) is 0 Å². The Morgan fingerprint density at radius 1 is 1.00 bits per heavy atom. The van der Waals surface area contributed by atoms with Crippen LogP contribution in [0, 0.1) is 46.3 Å².